The van der Waals surface area contributed by atoms with Crippen molar-refractivity contribution in [3.63, 3.8) is 0 Å². The molecule has 0 aliphatic rings. The Labute approximate surface area is 189 Å². The number of anilines is 1. The minimum Gasteiger partial charge on any atom is -0.497 e. The molecule has 7 nitrogen and oxygen atoms in total. The van der Waals surface area contributed by atoms with Crippen molar-refractivity contribution in [2.75, 3.05) is 31.3 Å². The van der Waals surface area contributed by atoms with Crippen LogP contribution in [0.2, 0.25) is 5.02 Å². The maximum atomic E-state index is 12.5. The summed E-state index contributed by atoms with van der Waals surface area (Å²) in [5, 5.41) is 3.33. The lowest BCUT2D eigenvalue weighted by Gasteiger charge is -2.23. The summed E-state index contributed by atoms with van der Waals surface area (Å²) in [4.78, 5) is 12.5. The van der Waals surface area contributed by atoms with Gasteiger partial charge < -0.3 is 14.8 Å². The van der Waals surface area contributed by atoms with E-state index in [1.165, 1.54) is 17.5 Å². The molecule has 2 rings (SSSR count). The predicted molar refractivity (Wildman–Crippen MR) is 124 cm³/mol. The lowest BCUT2D eigenvalue weighted by molar-refractivity contribution is -0.121. The lowest BCUT2D eigenvalue weighted by Crippen LogP contribution is -2.33. The zero-order chi connectivity index (χ0) is 23.0. The van der Waals surface area contributed by atoms with Crippen LogP contribution in [0.25, 0.3) is 0 Å². The number of ether oxygens (including phenoxy) is 2. The van der Waals surface area contributed by atoms with Gasteiger partial charge in [0.2, 0.25) is 15.9 Å². The van der Waals surface area contributed by atoms with Crippen LogP contribution < -0.4 is 19.1 Å². The predicted octanol–water partition coefficient (Wildman–Crippen LogP) is 4.17. The molecule has 0 aliphatic heterocycles. The molecule has 1 N–H and O–H groups in total. The number of sulfonamides is 1. The van der Waals surface area contributed by atoms with E-state index in [9.17, 15) is 13.2 Å². The minimum absolute atomic E-state index is 0.121. The van der Waals surface area contributed by atoms with Crippen LogP contribution in [0, 0.1) is 0 Å². The van der Waals surface area contributed by atoms with Gasteiger partial charge in [-0.15, -0.1) is 0 Å². The highest BCUT2D eigenvalue weighted by Crippen LogP contribution is 2.30. The molecule has 0 unspecified atom stereocenters. The van der Waals surface area contributed by atoms with Gasteiger partial charge in [-0.1, -0.05) is 30.7 Å². The van der Waals surface area contributed by atoms with Gasteiger partial charge in [-0.05, 0) is 48.7 Å². The molecule has 0 aromatic heterocycles. The van der Waals surface area contributed by atoms with Crippen molar-refractivity contribution in [1.29, 1.82) is 0 Å². The molecule has 0 heterocycles. The maximum Gasteiger partial charge on any atom is 0.232 e. The Bertz CT molecular complexity index is 980. The molecule has 0 aliphatic carbocycles. The zero-order valence-corrected chi connectivity index (χ0v) is 19.8. The molecule has 0 spiro atoms. The molecule has 0 saturated heterocycles. The van der Waals surface area contributed by atoms with Crippen molar-refractivity contribution in [1.82, 2.24) is 5.32 Å². The Kier molecular flexibility index (Phi) is 9.00. The van der Waals surface area contributed by atoms with Crippen LogP contribution in [-0.2, 0) is 14.8 Å². The van der Waals surface area contributed by atoms with E-state index in [2.05, 4.69) is 5.32 Å². The lowest BCUT2D eigenvalue weighted by atomic mass is 10.0. The summed E-state index contributed by atoms with van der Waals surface area (Å²) >= 11 is 6.14. The van der Waals surface area contributed by atoms with Crippen LogP contribution in [0.5, 0.6) is 11.5 Å². The average Bonchev–Trinajstić information content (AvgIpc) is 2.74. The molecular formula is C22H29ClN2O5S. The Morgan fingerprint density at radius 2 is 1.81 bits per heavy atom. The first-order valence-electron chi connectivity index (χ1n) is 9.94. The van der Waals surface area contributed by atoms with Crippen molar-refractivity contribution in [2.24, 2.45) is 0 Å². The van der Waals surface area contributed by atoms with Gasteiger partial charge in [0.1, 0.15) is 11.5 Å². The van der Waals surface area contributed by atoms with E-state index >= 15 is 0 Å². The number of methoxy groups -OCH3 is 2. The highest BCUT2D eigenvalue weighted by molar-refractivity contribution is 7.92. The molecule has 1 amide bonds. The van der Waals surface area contributed by atoms with E-state index in [0.717, 1.165) is 24.0 Å². The fraction of sp³-hybridized carbons (Fsp3) is 0.409. The van der Waals surface area contributed by atoms with Crippen molar-refractivity contribution in [2.45, 2.75) is 32.2 Å². The van der Waals surface area contributed by atoms with Crippen LogP contribution in [0.3, 0.4) is 0 Å². The summed E-state index contributed by atoms with van der Waals surface area (Å²) in [6, 6.07) is 12.2. The van der Waals surface area contributed by atoms with E-state index in [0.29, 0.717) is 22.9 Å². The first-order valence-corrected chi connectivity index (χ1v) is 12.2. The topological polar surface area (TPSA) is 84.9 Å². The fourth-order valence-corrected chi connectivity index (χ4v) is 4.41. The van der Waals surface area contributed by atoms with E-state index in [4.69, 9.17) is 21.1 Å². The maximum absolute atomic E-state index is 12.5. The SMILES string of the molecule is CC[C@@H](NC(=O)CCCN(c1ccc(OC)c(Cl)c1)S(C)(=O)=O)c1ccc(OC)cc1. The van der Waals surface area contributed by atoms with Crippen LogP contribution in [0.4, 0.5) is 5.69 Å². The van der Waals surface area contributed by atoms with Crippen molar-refractivity contribution >= 4 is 33.2 Å². The normalized spacial score (nSPS) is 12.2. The summed E-state index contributed by atoms with van der Waals surface area (Å²) < 4.78 is 36.1. The quantitative estimate of drug-likeness (QED) is 0.535. The fourth-order valence-electron chi connectivity index (χ4n) is 3.20. The van der Waals surface area contributed by atoms with E-state index in [-0.39, 0.29) is 24.9 Å². The summed E-state index contributed by atoms with van der Waals surface area (Å²) in [5.74, 6) is 1.08. The highest BCUT2D eigenvalue weighted by atomic mass is 35.5. The molecular weight excluding hydrogens is 440 g/mol. The summed E-state index contributed by atoms with van der Waals surface area (Å²) in [6.07, 6.45) is 2.42. The number of rotatable bonds is 11. The van der Waals surface area contributed by atoms with Crippen molar-refractivity contribution < 1.29 is 22.7 Å². The second-order valence-corrected chi connectivity index (χ2v) is 9.37. The second-order valence-electron chi connectivity index (χ2n) is 7.06. The molecule has 2 aromatic carbocycles. The number of hydrogen-bond acceptors (Lipinski definition) is 5. The molecule has 0 bridgehead atoms. The number of amides is 1. The van der Waals surface area contributed by atoms with Crippen LogP contribution in [0.15, 0.2) is 42.5 Å². The number of hydrogen-bond donors (Lipinski definition) is 1. The Hall–Kier alpha value is -2.45. The largest absolute Gasteiger partial charge is 0.497 e. The van der Waals surface area contributed by atoms with E-state index in [1.54, 1.807) is 19.2 Å². The van der Waals surface area contributed by atoms with Gasteiger partial charge in [-0.25, -0.2) is 8.42 Å². The third kappa shape index (κ3) is 7.04. The van der Waals surface area contributed by atoms with Gasteiger partial charge in [0, 0.05) is 13.0 Å². The summed E-state index contributed by atoms with van der Waals surface area (Å²) in [7, 11) is -0.445. The number of carbonyl (C=O) groups excluding carboxylic acids is 1. The first-order chi connectivity index (χ1) is 14.7. The van der Waals surface area contributed by atoms with Crippen molar-refractivity contribution in [3.05, 3.63) is 53.1 Å². The third-order valence-electron chi connectivity index (χ3n) is 4.85. The van der Waals surface area contributed by atoms with Crippen molar-refractivity contribution in [3.8, 4) is 11.5 Å². The van der Waals surface area contributed by atoms with Gasteiger partial charge in [0.05, 0.1) is 37.2 Å². The average molecular weight is 469 g/mol. The smallest absolute Gasteiger partial charge is 0.232 e. The van der Waals surface area contributed by atoms with Crippen LogP contribution >= 0.6 is 11.6 Å². The van der Waals surface area contributed by atoms with Gasteiger partial charge in [0.15, 0.2) is 0 Å². The number of nitrogens with zero attached hydrogens (tertiary/aromatic N) is 1. The van der Waals surface area contributed by atoms with Gasteiger partial charge in [-0.2, -0.15) is 0 Å². The minimum atomic E-state index is -3.54. The number of nitrogens with one attached hydrogen (secondary N) is 1. The van der Waals surface area contributed by atoms with Crippen LogP contribution in [-0.4, -0.2) is 41.3 Å². The Morgan fingerprint density at radius 3 is 2.32 bits per heavy atom. The molecule has 170 valence electrons. The zero-order valence-electron chi connectivity index (χ0n) is 18.2. The summed E-state index contributed by atoms with van der Waals surface area (Å²) in [5.41, 5.74) is 1.42. The van der Waals surface area contributed by atoms with E-state index < -0.39 is 10.0 Å². The summed E-state index contributed by atoms with van der Waals surface area (Å²) in [6.45, 7) is 2.15. The van der Waals surface area contributed by atoms with Crippen LogP contribution in [0.1, 0.15) is 37.8 Å². The Morgan fingerprint density at radius 1 is 1.13 bits per heavy atom. The molecule has 0 fully saturated rings. The molecule has 0 saturated carbocycles. The Balaban J connectivity index is 1.99. The standard InChI is InChI=1S/C22H29ClN2O5S/c1-5-20(16-8-11-18(29-2)12-9-16)24-22(26)7-6-14-25(31(4,27)28)17-10-13-21(30-3)19(23)15-17/h8-13,15,20H,5-7,14H2,1-4H3,(H,24,26)/t20-/m1/s1. The van der Waals surface area contributed by atoms with Gasteiger partial charge >= 0.3 is 0 Å². The number of benzene rings is 2. The molecule has 2 aromatic rings. The second kappa shape index (κ2) is 11.2. The number of halogens is 1. The molecule has 31 heavy (non-hydrogen) atoms. The van der Waals surface area contributed by atoms with Gasteiger partial charge in [-0.3, -0.25) is 9.10 Å². The monoisotopic (exact) mass is 468 g/mol. The van der Waals surface area contributed by atoms with Gasteiger partial charge in [0.25, 0.3) is 0 Å². The molecule has 1 atom stereocenters. The molecule has 0 radical (unpaired) electrons. The highest BCUT2D eigenvalue weighted by Gasteiger charge is 2.19. The third-order valence-corrected chi connectivity index (χ3v) is 6.34. The van der Waals surface area contributed by atoms with E-state index in [1.807, 2.05) is 31.2 Å². The molecule has 9 heteroatoms. The first kappa shape index (κ1) is 24.8. The number of carbonyl (C=O) groups is 1.